The summed E-state index contributed by atoms with van der Waals surface area (Å²) in [7, 11) is 0. The van der Waals surface area contributed by atoms with Crippen LogP contribution in [-0.2, 0) is 12.3 Å². The molecular formula is C19H17N5S2. The molecule has 0 aliphatic heterocycles. The molecular weight excluding hydrogens is 362 g/mol. The molecule has 0 radical (unpaired) electrons. The fourth-order valence-corrected chi connectivity index (χ4v) is 4.06. The maximum atomic E-state index is 4.62. The predicted octanol–water partition coefficient (Wildman–Crippen LogP) is 4.63. The SMILES string of the molecule is c1ccc(CNc2nnc(SCc3ccn(-c4ccccc4)n3)s2)cc1. The lowest BCUT2D eigenvalue weighted by atomic mass is 10.2. The molecule has 0 unspecified atom stereocenters. The quantitative estimate of drug-likeness (QED) is 0.475. The summed E-state index contributed by atoms with van der Waals surface area (Å²) in [6, 6.07) is 22.4. The number of aromatic nitrogens is 4. The predicted molar refractivity (Wildman–Crippen MR) is 107 cm³/mol. The van der Waals surface area contributed by atoms with E-state index in [2.05, 4.69) is 32.7 Å². The summed E-state index contributed by atoms with van der Waals surface area (Å²) in [4.78, 5) is 0. The van der Waals surface area contributed by atoms with Crippen molar-refractivity contribution < 1.29 is 0 Å². The summed E-state index contributed by atoms with van der Waals surface area (Å²) in [5, 5.41) is 17.2. The summed E-state index contributed by atoms with van der Waals surface area (Å²) in [6.45, 7) is 0.752. The molecule has 26 heavy (non-hydrogen) atoms. The van der Waals surface area contributed by atoms with E-state index < -0.39 is 0 Å². The van der Waals surface area contributed by atoms with Crippen molar-refractivity contribution in [2.75, 3.05) is 5.32 Å². The van der Waals surface area contributed by atoms with Crippen LogP contribution in [0, 0.1) is 0 Å². The zero-order valence-electron chi connectivity index (χ0n) is 13.9. The maximum absolute atomic E-state index is 4.62. The lowest BCUT2D eigenvalue weighted by Crippen LogP contribution is -1.98. The van der Waals surface area contributed by atoms with Crippen LogP contribution in [0.15, 0.2) is 77.3 Å². The number of hydrogen-bond donors (Lipinski definition) is 1. The van der Waals surface area contributed by atoms with Gasteiger partial charge >= 0.3 is 0 Å². The van der Waals surface area contributed by atoms with E-state index in [1.54, 1.807) is 23.1 Å². The molecule has 4 aromatic rings. The highest BCUT2D eigenvalue weighted by Gasteiger charge is 2.07. The molecule has 1 N–H and O–H groups in total. The molecule has 0 saturated carbocycles. The molecule has 0 aliphatic rings. The van der Waals surface area contributed by atoms with Gasteiger partial charge in [0.1, 0.15) is 0 Å². The second-order valence-electron chi connectivity index (χ2n) is 5.59. The monoisotopic (exact) mass is 379 g/mol. The smallest absolute Gasteiger partial charge is 0.206 e. The Kier molecular flexibility index (Phi) is 5.27. The average molecular weight is 380 g/mol. The van der Waals surface area contributed by atoms with Gasteiger partial charge < -0.3 is 5.32 Å². The van der Waals surface area contributed by atoms with E-state index >= 15 is 0 Å². The molecule has 0 amide bonds. The number of hydrogen-bond acceptors (Lipinski definition) is 6. The van der Waals surface area contributed by atoms with Gasteiger partial charge in [-0.15, -0.1) is 10.2 Å². The first-order valence-electron chi connectivity index (χ1n) is 8.21. The van der Waals surface area contributed by atoms with Crippen LogP contribution in [-0.4, -0.2) is 20.0 Å². The first-order valence-corrected chi connectivity index (χ1v) is 10.0. The minimum atomic E-state index is 0.752. The van der Waals surface area contributed by atoms with E-state index in [1.165, 1.54) is 5.56 Å². The van der Waals surface area contributed by atoms with Crippen LogP contribution in [0.25, 0.3) is 5.69 Å². The summed E-state index contributed by atoms with van der Waals surface area (Å²) in [5.41, 5.74) is 3.31. The Labute approximate surface area is 160 Å². The van der Waals surface area contributed by atoms with E-state index in [1.807, 2.05) is 65.5 Å². The van der Waals surface area contributed by atoms with Crippen LogP contribution < -0.4 is 5.32 Å². The standard InChI is InChI=1S/C19H17N5S2/c1-3-7-15(8-4-1)13-20-18-21-22-19(26-18)25-14-16-11-12-24(23-16)17-9-5-2-6-10-17/h1-12H,13-14H2,(H,20,21). The van der Waals surface area contributed by atoms with Crippen LogP contribution in [0.4, 0.5) is 5.13 Å². The van der Waals surface area contributed by atoms with Gasteiger partial charge in [0.15, 0.2) is 4.34 Å². The number of rotatable bonds is 7. The van der Waals surface area contributed by atoms with Crippen LogP contribution in [0.1, 0.15) is 11.3 Å². The van der Waals surface area contributed by atoms with Gasteiger partial charge in [-0.2, -0.15) is 5.10 Å². The molecule has 2 aromatic carbocycles. The van der Waals surface area contributed by atoms with Crippen LogP contribution in [0.3, 0.4) is 0 Å². The largest absolute Gasteiger partial charge is 0.356 e. The van der Waals surface area contributed by atoms with Crippen LogP contribution in [0.2, 0.25) is 0 Å². The number of anilines is 1. The Morgan fingerprint density at radius 3 is 2.50 bits per heavy atom. The van der Waals surface area contributed by atoms with Gasteiger partial charge in [-0.3, -0.25) is 0 Å². The van der Waals surface area contributed by atoms with Crippen molar-refractivity contribution in [2.45, 2.75) is 16.6 Å². The van der Waals surface area contributed by atoms with Gasteiger partial charge in [-0.1, -0.05) is 71.6 Å². The molecule has 0 fully saturated rings. The molecule has 2 aromatic heterocycles. The van der Waals surface area contributed by atoms with E-state index in [0.717, 1.165) is 33.2 Å². The Morgan fingerprint density at radius 2 is 1.69 bits per heavy atom. The maximum Gasteiger partial charge on any atom is 0.206 e. The zero-order chi connectivity index (χ0) is 17.6. The fraction of sp³-hybridized carbons (Fsp3) is 0.105. The van der Waals surface area contributed by atoms with Gasteiger partial charge in [0.05, 0.1) is 11.4 Å². The van der Waals surface area contributed by atoms with Gasteiger partial charge in [0.2, 0.25) is 5.13 Å². The zero-order valence-corrected chi connectivity index (χ0v) is 15.6. The Morgan fingerprint density at radius 1 is 0.923 bits per heavy atom. The second-order valence-corrected chi connectivity index (χ2v) is 7.79. The summed E-state index contributed by atoms with van der Waals surface area (Å²) >= 11 is 3.22. The molecule has 130 valence electrons. The highest BCUT2D eigenvalue weighted by Crippen LogP contribution is 2.28. The first-order chi connectivity index (χ1) is 12.9. The first kappa shape index (κ1) is 16.8. The second kappa shape index (κ2) is 8.16. The van der Waals surface area contributed by atoms with E-state index in [-0.39, 0.29) is 0 Å². The lowest BCUT2D eigenvalue weighted by molar-refractivity contribution is 0.859. The Hall–Kier alpha value is -2.64. The number of thioether (sulfide) groups is 1. The van der Waals surface area contributed by atoms with Crippen molar-refractivity contribution >= 4 is 28.2 Å². The summed E-state index contributed by atoms with van der Waals surface area (Å²) in [5.74, 6) is 0.771. The molecule has 4 rings (SSSR count). The van der Waals surface area contributed by atoms with E-state index in [9.17, 15) is 0 Å². The van der Waals surface area contributed by atoms with Gasteiger partial charge in [0.25, 0.3) is 0 Å². The summed E-state index contributed by atoms with van der Waals surface area (Å²) < 4.78 is 2.83. The van der Waals surface area contributed by atoms with Crippen molar-refractivity contribution in [3.05, 3.63) is 84.2 Å². The topological polar surface area (TPSA) is 55.6 Å². The number of nitrogens with zero attached hydrogens (tertiary/aromatic N) is 4. The van der Waals surface area contributed by atoms with E-state index in [0.29, 0.717) is 0 Å². The number of benzene rings is 2. The average Bonchev–Trinajstić information content (AvgIpc) is 3.36. The Bertz CT molecular complexity index is 950. The van der Waals surface area contributed by atoms with Crippen LogP contribution in [0.5, 0.6) is 0 Å². The highest BCUT2D eigenvalue weighted by atomic mass is 32.2. The minimum Gasteiger partial charge on any atom is -0.356 e. The summed E-state index contributed by atoms with van der Waals surface area (Å²) in [6.07, 6.45) is 1.98. The molecule has 7 heteroatoms. The molecule has 0 saturated heterocycles. The van der Waals surface area contributed by atoms with Gasteiger partial charge in [-0.05, 0) is 23.8 Å². The van der Waals surface area contributed by atoms with Crippen molar-refractivity contribution in [2.24, 2.45) is 0 Å². The van der Waals surface area contributed by atoms with Crippen molar-refractivity contribution in [3.63, 3.8) is 0 Å². The molecule has 0 atom stereocenters. The molecule has 0 aliphatic carbocycles. The fourth-order valence-electron chi connectivity index (χ4n) is 2.41. The highest BCUT2D eigenvalue weighted by molar-refractivity contribution is 8.00. The third-order valence-corrected chi connectivity index (χ3v) is 5.75. The molecule has 0 bridgehead atoms. The van der Waals surface area contributed by atoms with Crippen molar-refractivity contribution in [3.8, 4) is 5.69 Å². The van der Waals surface area contributed by atoms with Crippen molar-refractivity contribution in [1.82, 2.24) is 20.0 Å². The molecule has 0 spiro atoms. The van der Waals surface area contributed by atoms with E-state index in [4.69, 9.17) is 0 Å². The third-order valence-electron chi connectivity index (χ3n) is 3.70. The number of para-hydroxylation sites is 1. The lowest BCUT2D eigenvalue weighted by Gasteiger charge is -2.01. The molecule has 2 heterocycles. The van der Waals surface area contributed by atoms with Gasteiger partial charge in [-0.25, -0.2) is 4.68 Å². The normalized spacial score (nSPS) is 10.8. The number of nitrogens with one attached hydrogen (secondary N) is 1. The molecule has 5 nitrogen and oxygen atoms in total. The van der Waals surface area contributed by atoms with Crippen LogP contribution >= 0.6 is 23.1 Å². The van der Waals surface area contributed by atoms with Gasteiger partial charge in [0, 0.05) is 18.5 Å². The minimum absolute atomic E-state index is 0.752. The van der Waals surface area contributed by atoms with Crippen molar-refractivity contribution in [1.29, 1.82) is 0 Å². The Balaban J connectivity index is 1.31. The third kappa shape index (κ3) is 4.30.